The molecule has 0 atom stereocenters. The summed E-state index contributed by atoms with van der Waals surface area (Å²) in [4.78, 5) is 16.7. The van der Waals surface area contributed by atoms with Gasteiger partial charge in [0.25, 0.3) is 5.91 Å². The topological polar surface area (TPSA) is 42.0 Å². The predicted molar refractivity (Wildman–Crippen MR) is 110 cm³/mol. The van der Waals surface area contributed by atoms with Gasteiger partial charge in [0, 0.05) is 34.9 Å². The van der Waals surface area contributed by atoms with Gasteiger partial charge in [0.1, 0.15) is 0 Å². The zero-order valence-electron chi connectivity index (χ0n) is 14.5. The third kappa shape index (κ3) is 3.69. The van der Waals surface area contributed by atoms with E-state index in [-0.39, 0.29) is 5.91 Å². The molecule has 27 heavy (non-hydrogen) atoms. The molecule has 132 valence electrons. The lowest BCUT2D eigenvalue weighted by Crippen LogP contribution is -2.22. The summed E-state index contributed by atoms with van der Waals surface area (Å²) in [6, 6.07) is 23.3. The Kier molecular flexibility index (Phi) is 4.86. The summed E-state index contributed by atoms with van der Waals surface area (Å²) < 4.78 is 0. The zero-order chi connectivity index (χ0) is 18.6. The third-order valence-corrected chi connectivity index (χ3v) is 4.79. The van der Waals surface area contributed by atoms with E-state index in [4.69, 9.17) is 11.6 Å². The van der Waals surface area contributed by atoms with Crippen LogP contribution in [0.25, 0.3) is 21.9 Å². The number of hydrogen-bond donors (Lipinski definition) is 1. The first-order chi connectivity index (χ1) is 13.2. The molecular weight excluding hydrogens is 356 g/mol. The van der Waals surface area contributed by atoms with Gasteiger partial charge in [-0.1, -0.05) is 54.1 Å². The van der Waals surface area contributed by atoms with Crippen LogP contribution in [0, 0.1) is 0 Å². The summed E-state index contributed by atoms with van der Waals surface area (Å²) in [5, 5.41) is 5.74. The summed E-state index contributed by atoms with van der Waals surface area (Å²) in [6.07, 6.45) is 3.65. The van der Waals surface area contributed by atoms with Crippen LogP contribution in [0.15, 0.2) is 85.2 Å². The van der Waals surface area contributed by atoms with Crippen LogP contribution < -0.4 is 5.32 Å². The highest BCUT2D eigenvalue weighted by atomic mass is 35.5. The average molecular weight is 373 g/mol. The van der Waals surface area contributed by atoms with Gasteiger partial charge in [0.2, 0.25) is 0 Å². The molecular formula is C23H17ClN2O. The minimum Gasteiger partial charge on any atom is -0.348 e. The summed E-state index contributed by atoms with van der Waals surface area (Å²) in [7, 11) is 0. The second-order valence-corrected chi connectivity index (χ2v) is 6.69. The maximum atomic E-state index is 12.4. The van der Waals surface area contributed by atoms with Crippen LogP contribution in [-0.4, -0.2) is 10.9 Å². The minimum absolute atomic E-state index is 0.129. The highest BCUT2D eigenvalue weighted by Gasteiger charge is 2.10. The van der Waals surface area contributed by atoms with Gasteiger partial charge in [0.05, 0.1) is 0 Å². The van der Waals surface area contributed by atoms with E-state index < -0.39 is 0 Å². The fourth-order valence-corrected chi connectivity index (χ4v) is 3.28. The van der Waals surface area contributed by atoms with Gasteiger partial charge in [-0.2, -0.15) is 0 Å². The van der Waals surface area contributed by atoms with E-state index in [1.165, 1.54) is 0 Å². The van der Waals surface area contributed by atoms with Crippen molar-refractivity contribution in [3.63, 3.8) is 0 Å². The molecule has 0 aliphatic carbocycles. The number of pyridine rings is 1. The van der Waals surface area contributed by atoms with Gasteiger partial charge in [0.15, 0.2) is 0 Å². The van der Waals surface area contributed by atoms with Crippen molar-refractivity contribution in [3.8, 4) is 11.1 Å². The monoisotopic (exact) mass is 372 g/mol. The number of aromatic nitrogens is 1. The summed E-state index contributed by atoms with van der Waals surface area (Å²) in [6.45, 7) is 0.429. The fraction of sp³-hybridized carbons (Fsp3) is 0.0435. The summed E-state index contributed by atoms with van der Waals surface area (Å²) in [5.74, 6) is -0.129. The molecule has 1 aromatic heterocycles. The van der Waals surface area contributed by atoms with Crippen LogP contribution in [0.2, 0.25) is 5.02 Å². The van der Waals surface area contributed by atoms with Gasteiger partial charge in [-0.15, -0.1) is 0 Å². The Balaban J connectivity index is 1.63. The van der Waals surface area contributed by atoms with E-state index in [1.54, 1.807) is 30.5 Å². The molecule has 0 aliphatic heterocycles. The molecule has 0 saturated heterocycles. The highest BCUT2D eigenvalue weighted by molar-refractivity contribution is 6.30. The molecule has 4 heteroatoms. The second-order valence-electron chi connectivity index (χ2n) is 6.25. The zero-order valence-corrected chi connectivity index (χ0v) is 15.3. The Labute approximate surface area is 162 Å². The van der Waals surface area contributed by atoms with Gasteiger partial charge in [-0.3, -0.25) is 9.78 Å². The molecule has 0 saturated carbocycles. The van der Waals surface area contributed by atoms with Gasteiger partial charge in [-0.05, 0) is 52.4 Å². The smallest absolute Gasteiger partial charge is 0.251 e. The molecule has 0 spiro atoms. The Morgan fingerprint density at radius 3 is 2.44 bits per heavy atom. The molecule has 3 aromatic carbocycles. The van der Waals surface area contributed by atoms with Crippen molar-refractivity contribution >= 4 is 28.3 Å². The number of rotatable bonds is 4. The molecule has 1 amide bonds. The van der Waals surface area contributed by atoms with Crippen molar-refractivity contribution in [2.45, 2.75) is 6.54 Å². The molecule has 1 heterocycles. The van der Waals surface area contributed by atoms with E-state index in [2.05, 4.69) is 34.6 Å². The minimum atomic E-state index is -0.129. The highest BCUT2D eigenvalue weighted by Crippen LogP contribution is 2.30. The number of carbonyl (C=O) groups excluding carboxylic acids is 1. The molecule has 0 aliphatic rings. The van der Waals surface area contributed by atoms with Crippen LogP contribution in [0.3, 0.4) is 0 Å². The van der Waals surface area contributed by atoms with Gasteiger partial charge < -0.3 is 5.32 Å². The number of halogens is 1. The summed E-state index contributed by atoms with van der Waals surface area (Å²) in [5.41, 5.74) is 3.93. The van der Waals surface area contributed by atoms with E-state index in [9.17, 15) is 4.79 Å². The molecule has 0 bridgehead atoms. The SMILES string of the molecule is O=C(NCc1ccc(-c2ccccc2)c2ccncc12)c1ccc(Cl)cc1. The summed E-state index contributed by atoms with van der Waals surface area (Å²) >= 11 is 5.88. The lowest BCUT2D eigenvalue weighted by atomic mass is 9.96. The van der Waals surface area contributed by atoms with Gasteiger partial charge in [-0.25, -0.2) is 0 Å². The standard InChI is InChI=1S/C23H17ClN2O/c24-19-9-6-17(7-10-19)23(27)26-14-18-8-11-20(16-4-2-1-3-5-16)21-12-13-25-15-22(18)21/h1-13,15H,14H2,(H,26,27). The van der Waals surface area contributed by atoms with Crippen LogP contribution in [0.5, 0.6) is 0 Å². The predicted octanol–water partition coefficient (Wildman–Crippen LogP) is 5.49. The normalized spacial score (nSPS) is 10.7. The van der Waals surface area contributed by atoms with Gasteiger partial charge >= 0.3 is 0 Å². The van der Waals surface area contributed by atoms with Crippen molar-refractivity contribution in [2.75, 3.05) is 0 Å². The number of carbonyl (C=O) groups is 1. The van der Waals surface area contributed by atoms with Crippen molar-refractivity contribution in [1.29, 1.82) is 0 Å². The molecule has 0 unspecified atom stereocenters. The van der Waals surface area contributed by atoms with Crippen LogP contribution in [-0.2, 0) is 6.54 Å². The molecule has 4 aromatic rings. The average Bonchev–Trinajstić information content (AvgIpc) is 2.73. The molecule has 0 radical (unpaired) electrons. The molecule has 1 N–H and O–H groups in total. The van der Waals surface area contributed by atoms with Crippen LogP contribution in [0.1, 0.15) is 15.9 Å². The Bertz CT molecular complexity index is 1090. The van der Waals surface area contributed by atoms with E-state index in [0.29, 0.717) is 17.1 Å². The van der Waals surface area contributed by atoms with Crippen molar-refractivity contribution in [1.82, 2.24) is 10.3 Å². The number of hydrogen-bond acceptors (Lipinski definition) is 2. The third-order valence-electron chi connectivity index (χ3n) is 4.54. The first-order valence-corrected chi connectivity index (χ1v) is 9.05. The number of fused-ring (bicyclic) bond motifs is 1. The number of amides is 1. The number of nitrogens with zero attached hydrogens (tertiary/aromatic N) is 1. The quantitative estimate of drug-likeness (QED) is 0.515. The Hall–Kier alpha value is -3.17. The number of nitrogens with one attached hydrogen (secondary N) is 1. The lowest BCUT2D eigenvalue weighted by molar-refractivity contribution is 0.0951. The molecule has 3 nitrogen and oxygen atoms in total. The fourth-order valence-electron chi connectivity index (χ4n) is 3.15. The number of benzene rings is 3. The van der Waals surface area contributed by atoms with Crippen LogP contribution >= 0.6 is 11.6 Å². The largest absolute Gasteiger partial charge is 0.348 e. The first kappa shape index (κ1) is 17.3. The van der Waals surface area contributed by atoms with E-state index >= 15 is 0 Å². The molecule has 0 fully saturated rings. The van der Waals surface area contributed by atoms with Crippen molar-refractivity contribution in [3.05, 3.63) is 101 Å². The van der Waals surface area contributed by atoms with E-state index in [1.807, 2.05) is 30.5 Å². The molecule has 4 rings (SSSR count). The van der Waals surface area contributed by atoms with Crippen molar-refractivity contribution < 1.29 is 4.79 Å². The lowest BCUT2D eigenvalue weighted by Gasteiger charge is -2.12. The van der Waals surface area contributed by atoms with Crippen molar-refractivity contribution in [2.24, 2.45) is 0 Å². The Morgan fingerprint density at radius 1 is 0.889 bits per heavy atom. The maximum absolute atomic E-state index is 12.4. The Morgan fingerprint density at radius 2 is 1.67 bits per heavy atom. The first-order valence-electron chi connectivity index (χ1n) is 8.67. The van der Waals surface area contributed by atoms with E-state index in [0.717, 1.165) is 27.5 Å². The maximum Gasteiger partial charge on any atom is 0.251 e. The second kappa shape index (κ2) is 7.60. The van der Waals surface area contributed by atoms with Crippen LogP contribution in [0.4, 0.5) is 0 Å².